The highest BCUT2D eigenvalue weighted by atomic mass is 16.5. The average molecular weight is 613 g/mol. The van der Waals surface area contributed by atoms with Gasteiger partial charge in [-0.15, -0.1) is 0 Å². The van der Waals surface area contributed by atoms with E-state index in [1.54, 1.807) is 7.05 Å². The van der Waals surface area contributed by atoms with Crippen LogP contribution in [0.3, 0.4) is 0 Å². The second-order valence-electron chi connectivity index (χ2n) is 11.8. The number of hydrogen-bond acceptors (Lipinski definition) is 6. The van der Waals surface area contributed by atoms with Gasteiger partial charge in [-0.25, -0.2) is 9.59 Å². The standard InChI is InChI=1S/C33H36N6O6/c1-6-7-15-37-31(42)26-22-13-14-23-25(16-24(22)38(28(26)34-32(37)43)17-19(2)18-45-20(3)40)39(21-11-9-8-10-12-21)29-27(23)30(41)36(5)33(44)35(29)4/h8-14,19H,6-7,15-18H2,1-5H3,(H,34,43)/t19-/m1/s1. The number of hydrogen-bond donors (Lipinski definition) is 1. The number of carbonyl (C=O) groups excluding carboxylic acids is 1. The lowest BCUT2D eigenvalue weighted by Crippen LogP contribution is -2.37. The third-order valence-electron chi connectivity index (χ3n) is 8.60. The van der Waals surface area contributed by atoms with Crippen LogP contribution >= 0.6 is 0 Å². The molecule has 5 aromatic rings. The molecule has 0 amide bonds. The van der Waals surface area contributed by atoms with Crippen molar-refractivity contribution in [1.29, 1.82) is 0 Å². The molecule has 0 spiro atoms. The number of nitrogens with zero attached hydrogens (tertiary/aromatic N) is 5. The first-order chi connectivity index (χ1) is 21.5. The highest BCUT2D eigenvalue weighted by molar-refractivity contribution is 5.98. The van der Waals surface area contributed by atoms with E-state index in [9.17, 15) is 24.0 Å². The molecule has 0 fully saturated rings. The molecule has 12 nitrogen and oxygen atoms in total. The van der Waals surface area contributed by atoms with Crippen molar-refractivity contribution in [3.05, 3.63) is 94.5 Å². The first kappa shape index (κ1) is 29.9. The van der Waals surface area contributed by atoms with Crippen molar-refractivity contribution in [3.63, 3.8) is 0 Å². The Bertz CT molecular complexity index is 2260. The third-order valence-corrected chi connectivity index (χ3v) is 8.60. The number of H-pyrrole nitrogens is 1. The van der Waals surface area contributed by atoms with Gasteiger partial charge in [0.25, 0.3) is 11.1 Å². The van der Waals surface area contributed by atoms with Gasteiger partial charge in [0.05, 0.1) is 17.4 Å². The molecule has 1 aliphatic rings. The van der Waals surface area contributed by atoms with Crippen molar-refractivity contribution in [1.82, 2.24) is 27.8 Å². The second-order valence-corrected chi connectivity index (χ2v) is 11.8. The van der Waals surface area contributed by atoms with E-state index in [2.05, 4.69) is 4.98 Å². The van der Waals surface area contributed by atoms with Gasteiger partial charge in [-0.3, -0.25) is 37.6 Å². The predicted molar refractivity (Wildman–Crippen MR) is 173 cm³/mol. The first-order valence-electron chi connectivity index (χ1n) is 15.1. The third kappa shape index (κ3) is 4.80. The molecule has 0 bridgehead atoms. The van der Waals surface area contributed by atoms with Crippen LogP contribution in [0.4, 0.5) is 0 Å². The summed E-state index contributed by atoms with van der Waals surface area (Å²) in [5, 5.41) is 0.783. The fraction of sp³-hybridized carbons (Fsp3) is 0.364. The SMILES string of the molecule is CCCCn1c(=O)[nH]c2c(c3c(n2C[C@@H](C)COC(C)=O)Cc2c(c4c(=O)n(C)c(=O)n(C)c4n2-c2ccccc2)C=C3)c1=O. The van der Waals surface area contributed by atoms with E-state index in [-0.39, 0.29) is 24.5 Å². The summed E-state index contributed by atoms with van der Waals surface area (Å²) >= 11 is 0. The summed E-state index contributed by atoms with van der Waals surface area (Å²) in [7, 11) is 3.11. The number of ether oxygens (including phenoxy) is 1. The van der Waals surface area contributed by atoms with E-state index in [0.29, 0.717) is 52.7 Å². The molecule has 1 atom stereocenters. The Hall–Kier alpha value is -5.13. The molecule has 0 aliphatic heterocycles. The molecule has 45 heavy (non-hydrogen) atoms. The fourth-order valence-corrected chi connectivity index (χ4v) is 6.40. The number of nitrogens with one attached hydrogen (secondary N) is 1. The van der Waals surface area contributed by atoms with Gasteiger partial charge in [0.1, 0.15) is 11.3 Å². The topological polar surface area (TPSA) is 135 Å². The molecule has 0 radical (unpaired) electrons. The summed E-state index contributed by atoms with van der Waals surface area (Å²) in [5.41, 5.74) is 2.75. The Morgan fingerprint density at radius 2 is 1.62 bits per heavy atom. The van der Waals surface area contributed by atoms with E-state index >= 15 is 0 Å². The molecule has 1 N–H and O–H groups in total. The Balaban J connectivity index is 1.69. The molecule has 0 saturated carbocycles. The largest absolute Gasteiger partial charge is 0.466 e. The summed E-state index contributed by atoms with van der Waals surface area (Å²) in [6.45, 7) is 6.08. The van der Waals surface area contributed by atoms with Crippen molar-refractivity contribution in [2.75, 3.05) is 6.61 Å². The fourth-order valence-electron chi connectivity index (χ4n) is 6.40. The van der Waals surface area contributed by atoms with Crippen molar-refractivity contribution < 1.29 is 9.53 Å². The van der Waals surface area contributed by atoms with Crippen molar-refractivity contribution in [3.8, 4) is 5.69 Å². The molecule has 4 aromatic heterocycles. The molecule has 6 rings (SSSR count). The Morgan fingerprint density at radius 3 is 2.29 bits per heavy atom. The molecular weight excluding hydrogens is 576 g/mol. The summed E-state index contributed by atoms with van der Waals surface area (Å²) in [4.78, 5) is 68.6. The number of para-hydroxylation sites is 1. The van der Waals surface area contributed by atoms with Gasteiger partial charge in [-0.05, 0) is 18.6 Å². The number of rotatable bonds is 8. The maximum Gasteiger partial charge on any atom is 0.332 e. The summed E-state index contributed by atoms with van der Waals surface area (Å²) in [5.74, 6) is -0.545. The van der Waals surface area contributed by atoms with Crippen LogP contribution in [-0.2, 0) is 43.1 Å². The Labute approximate surface area is 257 Å². The maximum atomic E-state index is 14.0. The predicted octanol–water partition coefficient (Wildman–Crippen LogP) is 2.91. The van der Waals surface area contributed by atoms with Gasteiger partial charge in [0, 0.05) is 74.6 Å². The van der Waals surface area contributed by atoms with E-state index in [1.165, 1.54) is 23.1 Å². The average Bonchev–Trinajstić information content (AvgIpc) is 3.41. The lowest BCUT2D eigenvalue weighted by atomic mass is 10.1. The molecule has 0 unspecified atom stereocenters. The number of aromatic nitrogens is 6. The molecule has 234 valence electrons. The van der Waals surface area contributed by atoms with Gasteiger partial charge < -0.3 is 9.30 Å². The second kappa shape index (κ2) is 11.4. The van der Waals surface area contributed by atoms with E-state index < -0.39 is 22.9 Å². The maximum absolute atomic E-state index is 14.0. The van der Waals surface area contributed by atoms with Crippen LogP contribution in [0.2, 0.25) is 0 Å². The smallest absolute Gasteiger partial charge is 0.332 e. The van der Waals surface area contributed by atoms with Crippen LogP contribution in [0, 0.1) is 5.92 Å². The number of unbranched alkanes of at least 4 members (excludes halogenated alkanes) is 1. The van der Waals surface area contributed by atoms with Crippen LogP contribution in [0.15, 0.2) is 49.5 Å². The monoisotopic (exact) mass is 612 g/mol. The van der Waals surface area contributed by atoms with Crippen LogP contribution in [0.1, 0.15) is 56.1 Å². The lowest BCUT2D eigenvalue weighted by Gasteiger charge is -2.18. The number of fused-ring (bicyclic) bond motifs is 6. The molecule has 1 aliphatic carbocycles. The van der Waals surface area contributed by atoms with Gasteiger partial charge in [0.2, 0.25) is 0 Å². The number of aryl methyl sites for hydroxylation is 1. The van der Waals surface area contributed by atoms with E-state index in [0.717, 1.165) is 28.1 Å². The molecular formula is C33H36N6O6. The van der Waals surface area contributed by atoms with Gasteiger partial charge >= 0.3 is 17.3 Å². The molecule has 4 heterocycles. The lowest BCUT2D eigenvalue weighted by molar-refractivity contribution is -0.142. The quantitative estimate of drug-likeness (QED) is 0.263. The van der Waals surface area contributed by atoms with Crippen molar-refractivity contribution >= 4 is 40.2 Å². The van der Waals surface area contributed by atoms with Gasteiger partial charge in [-0.1, -0.05) is 50.6 Å². The zero-order valence-electron chi connectivity index (χ0n) is 26.0. The van der Waals surface area contributed by atoms with Gasteiger partial charge in [0.15, 0.2) is 0 Å². The van der Waals surface area contributed by atoms with Crippen LogP contribution in [-0.4, -0.2) is 40.4 Å². The molecule has 0 saturated heterocycles. The van der Waals surface area contributed by atoms with Crippen LogP contribution < -0.4 is 22.5 Å². The minimum Gasteiger partial charge on any atom is -0.466 e. The molecule has 12 heteroatoms. The Morgan fingerprint density at radius 1 is 0.933 bits per heavy atom. The first-order valence-corrected chi connectivity index (χ1v) is 15.1. The minimum absolute atomic E-state index is 0.153. The zero-order valence-corrected chi connectivity index (χ0v) is 26.0. The highest BCUT2D eigenvalue weighted by Crippen LogP contribution is 2.36. The minimum atomic E-state index is -0.482. The Kier molecular flexibility index (Phi) is 7.59. The zero-order chi connectivity index (χ0) is 32.2. The molecule has 1 aromatic carbocycles. The van der Waals surface area contributed by atoms with E-state index in [4.69, 9.17) is 4.74 Å². The summed E-state index contributed by atoms with van der Waals surface area (Å²) < 4.78 is 13.0. The van der Waals surface area contributed by atoms with Crippen molar-refractivity contribution in [2.24, 2.45) is 20.0 Å². The number of aromatic amines is 1. The normalized spacial score (nSPS) is 13.2. The van der Waals surface area contributed by atoms with Crippen LogP contribution in [0.5, 0.6) is 0 Å². The summed E-state index contributed by atoms with van der Waals surface area (Å²) in [6.07, 6.45) is 5.44. The van der Waals surface area contributed by atoms with E-state index in [1.807, 2.05) is 65.5 Å². The summed E-state index contributed by atoms with van der Waals surface area (Å²) in [6, 6.07) is 9.51. The van der Waals surface area contributed by atoms with Crippen molar-refractivity contribution in [2.45, 2.75) is 53.1 Å². The number of benzene rings is 1. The number of esters is 1. The number of carbonyl (C=O) groups is 1. The van der Waals surface area contributed by atoms with Crippen LogP contribution in [0.25, 0.3) is 39.9 Å². The van der Waals surface area contributed by atoms with Gasteiger partial charge in [-0.2, -0.15) is 0 Å². The highest BCUT2D eigenvalue weighted by Gasteiger charge is 2.30.